The minimum atomic E-state index is -0.563. The standard InChI is InChI=1S/C22H23N7O3S2/c1-4-27-9-16(29(31)32)19(25-27)22(30)28-20(21-13(3)24-11-34-21)15-7-5-6-14(18(15)26-28)8-17-12(2)23-10-33-17/h8-11,15,20H,4-7H2,1-3H3/b14-8+/t15-,20-/m0/s1. The molecule has 1 saturated carbocycles. The number of hydrogen-bond donors (Lipinski definition) is 0. The van der Waals surface area contributed by atoms with Crippen molar-refractivity contribution >= 4 is 46.1 Å². The van der Waals surface area contributed by atoms with Gasteiger partial charge in [-0.05, 0) is 51.7 Å². The molecule has 0 unspecified atom stereocenters. The van der Waals surface area contributed by atoms with E-state index < -0.39 is 10.8 Å². The molecule has 1 amide bonds. The van der Waals surface area contributed by atoms with Crippen LogP contribution in [-0.4, -0.2) is 41.3 Å². The monoisotopic (exact) mass is 497 g/mol. The first-order chi connectivity index (χ1) is 16.4. The fourth-order valence-corrected chi connectivity index (χ4v) is 6.30. The van der Waals surface area contributed by atoms with Gasteiger partial charge in [-0.1, -0.05) is 0 Å². The minimum absolute atomic E-state index is 0.0105. The Hall–Kier alpha value is -3.25. The molecule has 2 atom stereocenters. The third-order valence-electron chi connectivity index (χ3n) is 6.31. The van der Waals surface area contributed by atoms with E-state index in [1.165, 1.54) is 27.2 Å². The molecule has 0 radical (unpaired) electrons. The number of aromatic nitrogens is 4. The highest BCUT2D eigenvalue weighted by atomic mass is 32.1. The van der Waals surface area contributed by atoms with E-state index in [9.17, 15) is 14.9 Å². The van der Waals surface area contributed by atoms with Crippen LogP contribution in [0.25, 0.3) is 6.08 Å². The van der Waals surface area contributed by atoms with Crippen LogP contribution in [0.3, 0.4) is 0 Å². The Morgan fingerprint density at radius 2 is 2.03 bits per heavy atom. The van der Waals surface area contributed by atoms with E-state index in [1.54, 1.807) is 16.8 Å². The summed E-state index contributed by atoms with van der Waals surface area (Å²) in [6, 6.07) is -0.368. The Morgan fingerprint density at radius 1 is 1.26 bits per heavy atom. The number of thiazole rings is 2. The van der Waals surface area contributed by atoms with E-state index in [1.807, 2.05) is 26.3 Å². The molecule has 3 aromatic heterocycles. The maximum atomic E-state index is 13.7. The van der Waals surface area contributed by atoms with Gasteiger partial charge in [0.05, 0.1) is 42.8 Å². The predicted octanol–water partition coefficient (Wildman–Crippen LogP) is 4.78. The molecule has 0 saturated heterocycles. The van der Waals surface area contributed by atoms with Crippen LogP contribution < -0.4 is 0 Å². The molecule has 0 aromatic carbocycles. The Bertz CT molecular complexity index is 1340. The number of carbonyl (C=O) groups is 1. The van der Waals surface area contributed by atoms with Crippen molar-refractivity contribution in [3.63, 3.8) is 0 Å². The zero-order valence-corrected chi connectivity index (χ0v) is 20.6. The SMILES string of the molecule is CCn1cc([N+](=O)[O-])c(C(=O)N2N=C3/C(=C/c4scnc4C)CCC[C@@H]3[C@H]2c2scnc2C)n1. The Morgan fingerprint density at radius 3 is 2.68 bits per heavy atom. The molecule has 2 aliphatic rings. The molecular formula is C22H23N7O3S2. The first kappa shape index (κ1) is 22.5. The van der Waals surface area contributed by atoms with E-state index in [2.05, 4.69) is 21.1 Å². The predicted molar refractivity (Wildman–Crippen MR) is 130 cm³/mol. The van der Waals surface area contributed by atoms with Crippen molar-refractivity contribution in [3.8, 4) is 0 Å². The number of nitrogens with zero attached hydrogens (tertiary/aromatic N) is 7. The zero-order chi connectivity index (χ0) is 24.0. The maximum absolute atomic E-state index is 13.7. The van der Waals surface area contributed by atoms with Crippen LogP contribution in [0, 0.1) is 29.9 Å². The lowest BCUT2D eigenvalue weighted by atomic mass is 9.79. The lowest BCUT2D eigenvalue weighted by Crippen LogP contribution is -2.32. The lowest BCUT2D eigenvalue weighted by Gasteiger charge is -2.28. The van der Waals surface area contributed by atoms with Crippen LogP contribution in [0.4, 0.5) is 5.69 Å². The molecule has 34 heavy (non-hydrogen) atoms. The maximum Gasteiger partial charge on any atom is 0.320 e. The summed E-state index contributed by atoms with van der Waals surface area (Å²) in [5.41, 5.74) is 6.83. The summed E-state index contributed by atoms with van der Waals surface area (Å²) in [6.07, 6.45) is 6.11. The molecule has 5 rings (SSSR count). The van der Waals surface area contributed by atoms with Crippen LogP contribution in [0.1, 0.15) is 63.9 Å². The third kappa shape index (κ3) is 3.76. The van der Waals surface area contributed by atoms with Gasteiger partial charge >= 0.3 is 11.6 Å². The van der Waals surface area contributed by atoms with Crippen molar-refractivity contribution in [2.45, 2.75) is 52.6 Å². The first-order valence-corrected chi connectivity index (χ1v) is 12.8. The summed E-state index contributed by atoms with van der Waals surface area (Å²) >= 11 is 3.06. The van der Waals surface area contributed by atoms with Gasteiger partial charge in [-0.3, -0.25) is 19.6 Å². The van der Waals surface area contributed by atoms with Crippen LogP contribution in [0.5, 0.6) is 0 Å². The highest BCUT2D eigenvalue weighted by molar-refractivity contribution is 7.10. The molecule has 1 fully saturated rings. The summed E-state index contributed by atoms with van der Waals surface area (Å²) in [7, 11) is 0. The highest BCUT2D eigenvalue weighted by Gasteiger charge is 2.47. The van der Waals surface area contributed by atoms with Gasteiger partial charge in [0.25, 0.3) is 0 Å². The summed E-state index contributed by atoms with van der Waals surface area (Å²) in [6.45, 7) is 6.13. The molecule has 1 aliphatic carbocycles. The van der Waals surface area contributed by atoms with Crippen LogP contribution in [0.15, 0.2) is 27.9 Å². The second kappa shape index (κ2) is 8.84. The normalized spacial score (nSPS) is 21.1. The Labute approximate surface area is 203 Å². The molecule has 10 nitrogen and oxygen atoms in total. The molecule has 176 valence electrons. The number of aryl methyl sites for hydroxylation is 3. The van der Waals surface area contributed by atoms with Gasteiger partial charge in [0.2, 0.25) is 5.69 Å². The number of hydrogen-bond acceptors (Lipinski definition) is 9. The van der Waals surface area contributed by atoms with E-state index in [0.717, 1.165) is 51.7 Å². The lowest BCUT2D eigenvalue weighted by molar-refractivity contribution is -0.385. The number of rotatable bonds is 5. The minimum Gasteiger partial charge on any atom is -0.265 e. The van der Waals surface area contributed by atoms with Gasteiger partial charge < -0.3 is 0 Å². The largest absolute Gasteiger partial charge is 0.320 e. The molecular weight excluding hydrogens is 474 g/mol. The van der Waals surface area contributed by atoms with Crippen molar-refractivity contribution in [2.75, 3.05) is 0 Å². The number of allylic oxidation sites excluding steroid dienone is 1. The average Bonchev–Trinajstić information content (AvgIpc) is 3.59. The number of hydrazone groups is 1. The van der Waals surface area contributed by atoms with Gasteiger partial charge in [0.15, 0.2) is 0 Å². The van der Waals surface area contributed by atoms with E-state index in [-0.39, 0.29) is 23.3 Å². The Balaban J connectivity index is 1.62. The third-order valence-corrected chi connectivity index (χ3v) is 8.19. The zero-order valence-electron chi connectivity index (χ0n) is 19.0. The number of fused-ring (bicyclic) bond motifs is 1. The second-order valence-electron chi connectivity index (χ2n) is 8.33. The van der Waals surface area contributed by atoms with Crippen molar-refractivity contribution < 1.29 is 9.72 Å². The molecule has 0 bridgehead atoms. The van der Waals surface area contributed by atoms with Gasteiger partial charge in [0.1, 0.15) is 12.2 Å². The number of amides is 1. The van der Waals surface area contributed by atoms with Crippen molar-refractivity contribution in [2.24, 2.45) is 11.0 Å². The average molecular weight is 498 g/mol. The topological polar surface area (TPSA) is 119 Å². The fourth-order valence-electron chi connectivity index (χ4n) is 4.59. The molecule has 4 heterocycles. The number of nitro groups is 1. The number of carbonyl (C=O) groups excluding carboxylic acids is 1. The second-order valence-corrected chi connectivity index (χ2v) is 10.1. The van der Waals surface area contributed by atoms with E-state index >= 15 is 0 Å². The fraction of sp³-hybridized carbons (Fsp3) is 0.409. The Kier molecular flexibility index (Phi) is 5.86. The summed E-state index contributed by atoms with van der Waals surface area (Å²) in [4.78, 5) is 35.6. The molecule has 1 aliphatic heterocycles. The van der Waals surface area contributed by atoms with Crippen LogP contribution in [0.2, 0.25) is 0 Å². The quantitative estimate of drug-likeness (QED) is 0.370. The molecule has 0 spiro atoms. The molecule has 3 aromatic rings. The van der Waals surface area contributed by atoms with E-state index in [0.29, 0.717) is 6.54 Å². The van der Waals surface area contributed by atoms with Crippen LogP contribution >= 0.6 is 22.7 Å². The summed E-state index contributed by atoms with van der Waals surface area (Å²) in [5.74, 6) is -0.574. The van der Waals surface area contributed by atoms with Gasteiger partial charge in [-0.15, -0.1) is 22.7 Å². The molecule has 12 heteroatoms. The summed E-state index contributed by atoms with van der Waals surface area (Å²) in [5, 5.41) is 22.1. The van der Waals surface area contributed by atoms with Gasteiger partial charge in [0, 0.05) is 12.5 Å². The summed E-state index contributed by atoms with van der Waals surface area (Å²) < 4.78 is 1.41. The van der Waals surface area contributed by atoms with Crippen molar-refractivity contribution in [1.82, 2.24) is 24.8 Å². The smallest absolute Gasteiger partial charge is 0.265 e. The van der Waals surface area contributed by atoms with Gasteiger partial charge in [-0.2, -0.15) is 10.2 Å². The van der Waals surface area contributed by atoms with Gasteiger partial charge in [-0.25, -0.2) is 15.0 Å². The van der Waals surface area contributed by atoms with Crippen molar-refractivity contribution in [1.29, 1.82) is 0 Å². The van der Waals surface area contributed by atoms with Crippen LogP contribution in [-0.2, 0) is 6.54 Å². The van der Waals surface area contributed by atoms with E-state index in [4.69, 9.17) is 5.10 Å². The first-order valence-electron chi connectivity index (χ1n) is 11.0. The highest BCUT2D eigenvalue weighted by Crippen LogP contribution is 2.47. The molecule has 0 N–H and O–H groups in total. The van der Waals surface area contributed by atoms with Crippen molar-refractivity contribution in [3.05, 3.63) is 59.7 Å².